The molecule has 5 aromatic rings. The van der Waals surface area contributed by atoms with Gasteiger partial charge in [-0.3, -0.25) is 14.8 Å². The summed E-state index contributed by atoms with van der Waals surface area (Å²) in [5.41, 5.74) is 9.45. The number of morpholine rings is 1. The molecule has 3 N–H and O–H groups in total. The number of rotatable bonds is 5. The van der Waals surface area contributed by atoms with Crippen molar-refractivity contribution in [2.24, 2.45) is 0 Å². The summed E-state index contributed by atoms with van der Waals surface area (Å²) in [6.45, 7) is 2.51. The number of nitrogens with one attached hydrogen (secondary N) is 1. The fourth-order valence-corrected chi connectivity index (χ4v) is 4.25. The van der Waals surface area contributed by atoms with Crippen molar-refractivity contribution in [1.82, 2.24) is 29.9 Å². The Kier molecular flexibility index (Phi) is 6.43. The molecule has 6 rings (SSSR count). The average molecular weight is 524 g/mol. The summed E-state index contributed by atoms with van der Waals surface area (Å²) in [7, 11) is 0. The zero-order valence-corrected chi connectivity index (χ0v) is 20.6. The zero-order chi connectivity index (χ0) is 26.8. The van der Waals surface area contributed by atoms with E-state index in [1.165, 1.54) is 12.3 Å². The molecule has 11 nitrogen and oxygen atoms in total. The van der Waals surface area contributed by atoms with Crippen molar-refractivity contribution >= 4 is 34.4 Å². The zero-order valence-electron chi connectivity index (χ0n) is 20.6. The van der Waals surface area contributed by atoms with Crippen LogP contribution in [0.4, 0.5) is 21.8 Å². The van der Waals surface area contributed by atoms with Gasteiger partial charge >= 0.3 is 0 Å². The van der Waals surface area contributed by atoms with Crippen LogP contribution in [-0.4, -0.2) is 62.1 Å². The lowest BCUT2D eigenvalue weighted by Crippen LogP contribution is -2.37. The van der Waals surface area contributed by atoms with Crippen LogP contribution < -0.4 is 16.0 Å². The number of aromatic nitrogens is 6. The van der Waals surface area contributed by atoms with E-state index in [0.29, 0.717) is 60.1 Å². The third-order valence-corrected chi connectivity index (χ3v) is 6.24. The number of benzene rings is 1. The minimum atomic E-state index is -0.612. The van der Waals surface area contributed by atoms with Gasteiger partial charge in [0, 0.05) is 49.0 Å². The number of nitrogen functional groups attached to an aromatic ring is 1. The first-order valence-electron chi connectivity index (χ1n) is 12.1. The van der Waals surface area contributed by atoms with Crippen LogP contribution in [0.2, 0.25) is 0 Å². The molecular weight excluding hydrogens is 501 g/mol. The van der Waals surface area contributed by atoms with Crippen molar-refractivity contribution in [1.29, 1.82) is 0 Å². The lowest BCUT2D eigenvalue weighted by Gasteiger charge is -2.28. The van der Waals surface area contributed by atoms with Gasteiger partial charge in [-0.25, -0.2) is 24.3 Å². The van der Waals surface area contributed by atoms with Crippen molar-refractivity contribution in [3.8, 4) is 22.5 Å². The second kappa shape index (κ2) is 10.3. The standard InChI is InChI=1S/C27H22FN9O2/c28-20-15-30-5-4-21(20)35-26(38)17-3-1-2-16(10-17)18-11-22-23(31-12-18)25(37-6-8-39-9-7-37)36-24(34-22)19-13-32-27(29)33-14-19/h1-5,10-15H,6-9H2,(H2,29,32,33)(H,30,35,38). The third kappa shape index (κ3) is 5.05. The van der Waals surface area contributed by atoms with E-state index in [9.17, 15) is 9.18 Å². The van der Waals surface area contributed by atoms with Gasteiger partial charge in [0.05, 0.1) is 36.2 Å². The summed E-state index contributed by atoms with van der Waals surface area (Å²) in [6.07, 6.45) is 7.34. The number of fused-ring (bicyclic) bond motifs is 1. The summed E-state index contributed by atoms with van der Waals surface area (Å²) in [5, 5.41) is 2.58. The smallest absolute Gasteiger partial charge is 0.255 e. The summed E-state index contributed by atoms with van der Waals surface area (Å²) in [4.78, 5) is 41.1. The van der Waals surface area contributed by atoms with Gasteiger partial charge in [0.25, 0.3) is 5.91 Å². The molecular formula is C27H22FN9O2. The van der Waals surface area contributed by atoms with E-state index in [0.717, 1.165) is 17.3 Å². The van der Waals surface area contributed by atoms with Crippen LogP contribution in [0.1, 0.15) is 10.4 Å². The van der Waals surface area contributed by atoms with E-state index in [-0.39, 0.29) is 11.6 Å². The summed E-state index contributed by atoms with van der Waals surface area (Å²) < 4.78 is 19.5. The first-order valence-corrected chi connectivity index (χ1v) is 12.1. The van der Waals surface area contributed by atoms with E-state index in [2.05, 4.69) is 25.2 Å². The highest BCUT2D eigenvalue weighted by Gasteiger charge is 2.20. The minimum absolute atomic E-state index is 0.0549. The Labute approximate surface area is 222 Å². The third-order valence-electron chi connectivity index (χ3n) is 6.24. The fraction of sp³-hybridized carbons (Fsp3) is 0.148. The quantitative estimate of drug-likeness (QED) is 0.352. The van der Waals surface area contributed by atoms with Crippen molar-refractivity contribution in [2.75, 3.05) is 42.3 Å². The van der Waals surface area contributed by atoms with Crippen molar-refractivity contribution in [3.63, 3.8) is 0 Å². The van der Waals surface area contributed by atoms with E-state index >= 15 is 0 Å². The maximum absolute atomic E-state index is 14.0. The van der Waals surface area contributed by atoms with Crippen molar-refractivity contribution in [3.05, 3.63) is 78.8 Å². The van der Waals surface area contributed by atoms with E-state index in [4.69, 9.17) is 25.4 Å². The Balaban J connectivity index is 1.39. The normalized spacial score (nSPS) is 13.4. The van der Waals surface area contributed by atoms with Gasteiger partial charge in [0.1, 0.15) is 5.52 Å². The number of anilines is 3. The molecule has 0 radical (unpaired) electrons. The molecule has 0 spiro atoms. The number of nitrogens with two attached hydrogens (primary N) is 1. The highest BCUT2D eigenvalue weighted by molar-refractivity contribution is 6.05. The molecule has 0 aliphatic carbocycles. The van der Waals surface area contributed by atoms with Crippen LogP contribution in [-0.2, 0) is 4.74 Å². The molecule has 0 unspecified atom stereocenters. The van der Waals surface area contributed by atoms with E-state index in [1.54, 1.807) is 36.8 Å². The lowest BCUT2D eigenvalue weighted by molar-refractivity contribution is 0.102. The molecule has 1 fully saturated rings. The number of amides is 1. The number of ether oxygens (including phenoxy) is 1. The molecule has 4 aromatic heterocycles. The topological polar surface area (TPSA) is 145 Å². The summed E-state index contributed by atoms with van der Waals surface area (Å²) in [6, 6.07) is 10.3. The Hall–Kier alpha value is -5.10. The number of pyridine rings is 2. The van der Waals surface area contributed by atoms with Crippen molar-refractivity contribution < 1.29 is 13.9 Å². The molecule has 1 aliphatic rings. The molecule has 0 saturated carbocycles. The van der Waals surface area contributed by atoms with E-state index < -0.39 is 11.7 Å². The van der Waals surface area contributed by atoms with Crippen LogP contribution >= 0.6 is 0 Å². The van der Waals surface area contributed by atoms with Crippen LogP contribution in [0.3, 0.4) is 0 Å². The number of nitrogens with zero attached hydrogens (tertiary/aromatic N) is 7. The molecule has 12 heteroatoms. The van der Waals surface area contributed by atoms with Crippen LogP contribution in [0.25, 0.3) is 33.5 Å². The van der Waals surface area contributed by atoms with Crippen LogP contribution in [0.5, 0.6) is 0 Å². The maximum atomic E-state index is 14.0. The lowest BCUT2D eigenvalue weighted by atomic mass is 10.0. The molecule has 1 amide bonds. The largest absolute Gasteiger partial charge is 0.378 e. The van der Waals surface area contributed by atoms with Crippen molar-refractivity contribution in [2.45, 2.75) is 0 Å². The van der Waals surface area contributed by atoms with Crippen LogP contribution in [0.15, 0.2) is 67.4 Å². The summed E-state index contributed by atoms with van der Waals surface area (Å²) in [5.74, 6) is 0.231. The Morgan fingerprint density at radius 2 is 1.74 bits per heavy atom. The fourth-order valence-electron chi connectivity index (χ4n) is 4.25. The number of halogens is 1. The first kappa shape index (κ1) is 24.2. The number of carbonyl (C=O) groups is 1. The van der Waals surface area contributed by atoms with Gasteiger partial charge in [-0.15, -0.1) is 0 Å². The second-order valence-corrected chi connectivity index (χ2v) is 8.78. The van der Waals surface area contributed by atoms with Crippen LogP contribution in [0, 0.1) is 5.82 Å². The highest BCUT2D eigenvalue weighted by Crippen LogP contribution is 2.30. The Bertz CT molecular complexity index is 1670. The molecule has 0 bridgehead atoms. The predicted molar refractivity (Wildman–Crippen MR) is 143 cm³/mol. The number of hydrogen-bond donors (Lipinski definition) is 2. The minimum Gasteiger partial charge on any atom is -0.378 e. The SMILES string of the molecule is Nc1ncc(-c2nc(N3CCOCC3)c3ncc(-c4cccc(C(=O)Nc5ccncc5F)c4)cc3n2)cn1. The molecule has 39 heavy (non-hydrogen) atoms. The Morgan fingerprint density at radius 3 is 2.54 bits per heavy atom. The van der Waals surface area contributed by atoms with Gasteiger partial charge < -0.3 is 20.7 Å². The molecule has 1 aromatic carbocycles. The second-order valence-electron chi connectivity index (χ2n) is 8.78. The summed E-state index contributed by atoms with van der Waals surface area (Å²) >= 11 is 0. The monoisotopic (exact) mass is 523 g/mol. The molecule has 0 atom stereocenters. The molecule has 194 valence electrons. The van der Waals surface area contributed by atoms with Gasteiger partial charge in [-0.2, -0.15) is 0 Å². The van der Waals surface area contributed by atoms with Gasteiger partial charge in [0.2, 0.25) is 5.95 Å². The first-order chi connectivity index (χ1) is 19.0. The average Bonchev–Trinajstić information content (AvgIpc) is 2.98. The van der Waals surface area contributed by atoms with E-state index in [1.807, 2.05) is 12.1 Å². The predicted octanol–water partition coefficient (Wildman–Crippen LogP) is 3.35. The van der Waals surface area contributed by atoms with Gasteiger partial charge in [0.15, 0.2) is 17.5 Å². The molecule has 1 aliphatic heterocycles. The number of hydrogen-bond acceptors (Lipinski definition) is 10. The molecule has 5 heterocycles. The maximum Gasteiger partial charge on any atom is 0.255 e. The Morgan fingerprint density at radius 1 is 0.949 bits per heavy atom. The highest BCUT2D eigenvalue weighted by atomic mass is 19.1. The molecule has 1 saturated heterocycles. The van der Waals surface area contributed by atoms with Gasteiger partial charge in [-0.05, 0) is 29.8 Å². The van der Waals surface area contributed by atoms with Gasteiger partial charge in [-0.1, -0.05) is 12.1 Å². The number of carbonyl (C=O) groups excluding carboxylic acids is 1.